The molecule has 148 valence electrons. The zero-order valence-electron chi connectivity index (χ0n) is 15.3. The number of thiophene rings is 1. The van der Waals surface area contributed by atoms with Crippen LogP contribution < -0.4 is 0 Å². The normalized spacial score (nSPS) is 11.7. The maximum Gasteiger partial charge on any atom is 0.238 e. The molecule has 2 heterocycles. The van der Waals surface area contributed by atoms with Crippen LogP contribution in [0.15, 0.2) is 89.9 Å². The summed E-state index contributed by atoms with van der Waals surface area (Å²) in [6, 6.07) is 18.4. The highest BCUT2D eigenvalue weighted by molar-refractivity contribution is 9.10. The Labute approximate surface area is 186 Å². The van der Waals surface area contributed by atoms with Crippen LogP contribution in [-0.4, -0.2) is 13.4 Å². The fourth-order valence-corrected chi connectivity index (χ4v) is 6.02. The van der Waals surface area contributed by atoms with Crippen molar-refractivity contribution in [2.45, 2.75) is 27.7 Å². The van der Waals surface area contributed by atoms with Crippen molar-refractivity contribution in [2.24, 2.45) is 0 Å². The number of hydrogen-bond acceptors (Lipinski definition) is 6. The van der Waals surface area contributed by atoms with Crippen molar-refractivity contribution in [3.05, 3.63) is 81.6 Å². The largest absolute Gasteiger partial charge is 0.428 e. The second kappa shape index (κ2) is 8.47. The van der Waals surface area contributed by atoms with E-state index in [1.807, 2.05) is 48.7 Å². The van der Waals surface area contributed by atoms with E-state index in [1.165, 1.54) is 28.7 Å². The van der Waals surface area contributed by atoms with Gasteiger partial charge in [-0.3, -0.25) is 0 Å². The third-order valence-electron chi connectivity index (χ3n) is 4.17. The van der Waals surface area contributed by atoms with E-state index in [1.54, 1.807) is 24.3 Å². The van der Waals surface area contributed by atoms with E-state index in [0.29, 0.717) is 16.7 Å². The van der Waals surface area contributed by atoms with E-state index in [4.69, 9.17) is 4.42 Å². The number of halogens is 1. The minimum atomic E-state index is -3.81. The van der Waals surface area contributed by atoms with Gasteiger partial charge in [-0.1, -0.05) is 63.6 Å². The molecule has 8 heteroatoms. The summed E-state index contributed by atoms with van der Waals surface area (Å²) in [6.07, 6.45) is 0. The number of aromatic nitrogens is 1. The van der Waals surface area contributed by atoms with Crippen LogP contribution in [0, 0.1) is 6.92 Å². The fraction of sp³-hybridized carbons (Fsp3) is 0.0952. The number of rotatable bonds is 6. The Kier molecular flexibility index (Phi) is 5.96. The minimum absolute atomic E-state index is 0.0414. The third kappa shape index (κ3) is 4.50. The lowest BCUT2D eigenvalue weighted by Crippen LogP contribution is -2.03. The standard InChI is InChI=1S/C21H16BrNO3S3/c1-14-4-6-15(7-5-14)13-28-21-20(23-19(26-21)18-3-2-12-27-18)29(24,25)17-10-8-16(22)9-11-17/h2-12H,13H2,1H3. The first kappa shape index (κ1) is 20.4. The molecule has 0 atom stereocenters. The van der Waals surface area contributed by atoms with Gasteiger partial charge in [-0.25, -0.2) is 8.42 Å². The highest BCUT2D eigenvalue weighted by Crippen LogP contribution is 2.37. The van der Waals surface area contributed by atoms with Crippen LogP contribution in [0.25, 0.3) is 10.8 Å². The number of sulfone groups is 1. The summed E-state index contributed by atoms with van der Waals surface area (Å²) in [5.74, 6) is 0.907. The molecule has 0 unspecified atom stereocenters. The summed E-state index contributed by atoms with van der Waals surface area (Å²) in [6.45, 7) is 2.03. The molecular weight excluding hydrogens is 490 g/mol. The summed E-state index contributed by atoms with van der Waals surface area (Å²) >= 11 is 6.13. The lowest BCUT2D eigenvalue weighted by atomic mass is 10.2. The van der Waals surface area contributed by atoms with Crippen LogP contribution in [0.1, 0.15) is 11.1 Å². The van der Waals surface area contributed by atoms with E-state index in [9.17, 15) is 8.42 Å². The first-order chi connectivity index (χ1) is 13.9. The van der Waals surface area contributed by atoms with E-state index < -0.39 is 9.84 Å². The highest BCUT2D eigenvalue weighted by atomic mass is 79.9. The Morgan fingerprint density at radius 2 is 1.79 bits per heavy atom. The van der Waals surface area contributed by atoms with E-state index in [0.717, 1.165) is 14.9 Å². The average Bonchev–Trinajstić information content (AvgIpc) is 3.38. The lowest BCUT2D eigenvalue weighted by Gasteiger charge is -2.04. The SMILES string of the molecule is Cc1ccc(CSc2oc(-c3cccs3)nc2S(=O)(=O)c2ccc(Br)cc2)cc1. The molecule has 2 aromatic carbocycles. The van der Waals surface area contributed by atoms with Crippen molar-refractivity contribution >= 4 is 48.9 Å². The second-order valence-electron chi connectivity index (χ2n) is 6.32. The second-order valence-corrected chi connectivity index (χ2v) is 11.0. The molecule has 0 aliphatic carbocycles. The van der Waals surface area contributed by atoms with Gasteiger partial charge < -0.3 is 4.42 Å². The van der Waals surface area contributed by atoms with Crippen molar-refractivity contribution in [3.8, 4) is 10.8 Å². The Morgan fingerprint density at radius 1 is 1.07 bits per heavy atom. The molecular formula is C21H16BrNO3S3. The molecule has 0 N–H and O–H groups in total. The molecule has 0 aliphatic heterocycles. The van der Waals surface area contributed by atoms with Gasteiger partial charge in [-0.05, 0) is 48.2 Å². The first-order valence-electron chi connectivity index (χ1n) is 8.67. The summed E-state index contributed by atoms with van der Waals surface area (Å²) in [5, 5.41) is 2.17. The fourth-order valence-electron chi connectivity index (χ4n) is 2.62. The quantitative estimate of drug-likeness (QED) is 0.276. The smallest absolute Gasteiger partial charge is 0.238 e. The van der Waals surface area contributed by atoms with Crippen LogP contribution in [0.2, 0.25) is 0 Å². The van der Waals surface area contributed by atoms with Crippen LogP contribution in [-0.2, 0) is 15.6 Å². The van der Waals surface area contributed by atoms with Gasteiger partial charge in [0.1, 0.15) is 0 Å². The maximum atomic E-state index is 13.3. The molecule has 4 rings (SSSR count). The van der Waals surface area contributed by atoms with Crippen molar-refractivity contribution in [3.63, 3.8) is 0 Å². The van der Waals surface area contributed by atoms with Crippen LogP contribution in [0.5, 0.6) is 0 Å². The van der Waals surface area contributed by atoms with Gasteiger partial charge in [0.25, 0.3) is 0 Å². The topological polar surface area (TPSA) is 60.2 Å². The predicted octanol–water partition coefficient (Wildman–Crippen LogP) is 6.60. The van der Waals surface area contributed by atoms with Crippen molar-refractivity contribution in [1.82, 2.24) is 4.98 Å². The van der Waals surface area contributed by atoms with E-state index >= 15 is 0 Å². The molecule has 0 bridgehead atoms. The average molecular weight is 506 g/mol. The van der Waals surface area contributed by atoms with Gasteiger partial charge in [-0.2, -0.15) is 4.98 Å². The minimum Gasteiger partial charge on any atom is -0.428 e. The predicted molar refractivity (Wildman–Crippen MR) is 120 cm³/mol. The molecule has 0 amide bonds. The first-order valence-corrected chi connectivity index (χ1v) is 12.8. The molecule has 0 spiro atoms. The molecule has 29 heavy (non-hydrogen) atoms. The number of thioether (sulfide) groups is 1. The zero-order chi connectivity index (χ0) is 20.4. The Morgan fingerprint density at radius 3 is 2.45 bits per heavy atom. The molecule has 0 radical (unpaired) electrons. The van der Waals surface area contributed by atoms with E-state index in [-0.39, 0.29) is 9.92 Å². The van der Waals surface area contributed by atoms with Crippen LogP contribution in [0.4, 0.5) is 0 Å². The highest BCUT2D eigenvalue weighted by Gasteiger charge is 2.29. The summed E-state index contributed by atoms with van der Waals surface area (Å²) in [5.41, 5.74) is 2.26. The van der Waals surface area contributed by atoms with Gasteiger partial charge >= 0.3 is 0 Å². The Bertz CT molecular complexity index is 1210. The number of oxazole rings is 1. The van der Waals surface area contributed by atoms with Crippen molar-refractivity contribution in [1.29, 1.82) is 0 Å². The van der Waals surface area contributed by atoms with Crippen LogP contribution >= 0.6 is 39.0 Å². The molecule has 0 saturated heterocycles. The molecule has 0 saturated carbocycles. The monoisotopic (exact) mass is 505 g/mol. The third-order valence-corrected chi connectivity index (χ3v) is 8.38. The van der Waals surface area contributed by atoms with Gasteiger partial charge in [0.15, 0.2) is 0 Å². The van der Waals surface area contributed by atoms with Gasteiger partial charge in [0.2, 0.25) is 25.8 Å². The Hall–Kier alpha value is -1.87. The summed E-state index contributed by atoms with van der Waals surface area (Å²) < 4.78 is 33.2. The molecule has 4 aromatic rings. The van der Waals surface area contributed by atoms with Crippen molar-refractivity contribution in [2.75, 3.05) is 0 Å². The number of benzene rings is 2. The van der Waals surface area contributed by atoms with E-state index in [2.05, 4.69) is 20.9 Å². The molecule has 0 fully saturated rings. The zero-order valence-corrected chi connectivity index (χ0v) is 19.4. The number of aryl methyl sites for hydroxylation is 1. The molecule has 4 nitrogen and oxygen atoms in total. The van der Waals surface area contributed by atoms with Gasteiger partial charge in [0, 0.05) is 10.2 Å². The summed E-state index contributed by atoms with van der Waals surface area (Å²) in [4.78, 5) is 5.35. The van der Waals surface area contributed by atoms with Crippen LogP contribution in [0.3, 0.4) is 0 Å². The lowest BCUT2D eigenvalue weighted by molar-refractivity contribution is 0.471. The molecule has 2 aromatic heterocycles. The Balaban J connectivity index is 1.73. The van der Waals surface area contributed by atoms with Gasteiger partial charge in [0.05, 0.1) is 9.77 Å². The molecule has 0 aliphatic rings. The number of nitrogens with zero attached hydrogens (tertiary/aromatic N) is 1. The maximum absolute atomic E-state index is 13.3. The van der Waals surface area contributed by atoms with Crippen molar-refractivity contribution < 1.29 is 12.8 Å². The van der Waals surface area contributed by atoms with Gasteiger partial charge in [-0.15, -0.1) is 11.3 Å². The summed E-state index contributed by atoms with van der Waals surface area (Å²) in [7, 11) is -3.81. The number of hydrogen-bond donors (Lipinski definition) is 0.